The van der Waals surface area contributed by atoms with E-state index in [0.717, 1.165) is 26.2 Å². The van der Waals surface area contributed by atoms with Crippen LogP contribution in [-0.2, 0) is 0 Å². The summed E-state index contributed by atoms with van der Waals surface area (Å²) >= 11 is 3.34. The molecule has 1 saturated heterocycles. The molecule has 2 rings (SSSR count). The van der Waals surface area contributed by atoms with Gasteiger partial charge in [-0.3, -0.25) is 0 Å². The molecule has 0 bridgehead atoms. The molecule has 1 aliphatic rings. The van der Waals surface area contributed by atoms with Crippen molar-refractivity contribution in [1.29, 1.82) is 0 Å². The van der Waals surface area contributed by atoms with Gasteiger partial charge in [0.15, 0.2) is 5.75 Å². The highest BCUT2D eigenvalue weighted by atomic mass is 79.9. The third-order valence-electron chi connectivity index (χ3n) is 3.15. The number of hydrogen-bond acceptors (Lipinski definition) is 4. The van der Waals surface area contributed by atoms with Crippen molar-refractivity contribution < 1.29 is 17.9 Å². The fourth-order valence-corrected chi connectivity index (χ4v) is 2.67. The minimum atomic E-state index is -4.75. The van der Waals surface area contributed by atoms with E-state index in [1.165, 1.54) is 12.1 Å². The Balaban J connectivity index is 2.26. The first-order chi connectivity index (χ1) is 9.26. The number of hydrogen-bond donors (Lipinski definition) is 1. The van der Waals surface area contributed by atoms with Crippen molar-refractivity contribution >= 4 is 27.3 Å². The summed E-state index contributed by atoms with van der Waals surface area (Å²) in [6.45, 7) is 3.19. The minimum absolute atomic E-state index is 0.0490. The number of nitrogens with two attached hydrogens (primary N) is 1. The summed E-state index contributed by atoms with van der Waals surface area (Å²) in [5.41, 5.74) is 6.18. The minimum Gasteiger partial charge on any atom is -0.404 e. The van der Waals surface area contributed by atoms with Crippen LogP contribution in [0, 0.1) is 0 Å². The lowest BCUT2D eigenvalue weighted by Crippen LogP contribution is -2.44. The number of nitrogens with zero attached hydrogens (tertiary/aromatic N) is 2. The fraction of sp³-hybridized carbons (Fsp3) is 0.500. The van der Waals surface area contributed by atoms with Crippen molar-refractivity contribution in [3.8, 4) is 5.75 Å². The van der Waals surface area contributed by atoms with Gasteiger partial charge in [-0.05, 0) is 29.0 Å². The first kappa shape index (κ1) is 15.2. The quantitative estimate of drug-likeness (QED) is 0.830. The standard InChI is InChI=1S/C12H15BrF3N3O/c1-18-2-4-19(5-3-18)10-7-11(20-12(14,15)16)9(17)6-8(10)13/h6-7H,2-5,17H2,1H3. The largest absolute Gasteiger partial charge is 0.573 e. The number of anilines is 2. The molecule has 0 aromatic heterocycles. The van der Waals surface area contributed by atoms with Gasteiger partial charge in [0.2, 0.25) is 0 Å². The van der Waals surface area contributed by atoms with Crippen LogP contribution in [0.15, 0.2) is 16.6 Å². The predicted octanol–water partition coefficient (Wildman–Crippen LogP) is 2.68. The van der Waals surface area contributed by atoms with Crippen LogP contribution in [0.25, 0.3) is 0 Å². The van der Waals surface area contributed by atoms with Gasteiger partial charge in [-0.15, -0.1) is 13.2 Å². The number of halogens is 4. The topological polar surface area (TPSA) is 41.7 Å². The summed E-state index contributed by atoms with van der Waals surface area (Å²) in [7, 11) is 2.01. The molecule has 0 amide bonds. The van der Waals surface area contributed by atoms with E-state index in [0.29, 0.717) is 10.2 Å². The lowest BCUT2D eigenvalue weighted by molar-refractivity contribution is -0.274. The molecule has 1 heterocycles. The summed E-state index contributed by atoms with van der Waals surface area (Å²) in [6.07, 6.45) is -4.75. The Kier molecular flexibility index (Phi) is 4.33. The average molecular weight is 354 g/mol. The summed E-state index contributed by atoms with van der Waals surface area (Å²) in [4.78, 5) is 4.17. The van der Waals surface area contributed by atoms with Crippen LogP contribution in [0.1, 0.15) is 0 Å². The monoisotopic (exact) mass is 353 g/mol. The maximum absolute atomic E-state index is 12.3. The Morgan fingerprint density at radius 1 is 1.20 bits per heavy atom. The maximum Gasteiger partial charge on any atom is 0.573 e. The Morgan fingerprint density at radius 2 is 1.80 bits per heavy atom. The highest BCUT2D eigenvalue weighted by Crippen LogP contribution is 2.37. The highest BCUT2D eigenvalue weighted by molar-refractivity contribution is 9.10. The molecule has 112 valence electrons. The van der Waals surface area contributed by atoms with Gasteiger partial charge in [0, 0.05) is 36.7 Å². The lowest BCUT2D eigenvalue weighted by atomic mass is 10.2. The van der Waals surface area contributed by atoms with E-state index in [-0.39, 0.29) is 11.4 Å². The third-order valence-corrected chi connectivity index (χ3v) is 3.78. The van der Waals surface area contributed by atoms with E-state index in [2.05, 4.69) is 25.6 Å². The van der Waals surface area contributed by atoms with E-state index in [4.69, 9.17) is 5.73 Å². The third kappa shape index (κ3) is 3.69. The lowest BCUT2D eigenvalue weighted by Gasteiger charge is -2.34. The number of likely N-dealkylation sites (N-methyl/N-ethyl adjacent to an activating group) is 1. The second-order valence-corrected chi connectivity index (χ2v) is 5.53. The fourth-order valence-electron chi connectivity index (χ4n) is 2.06. The number of nitrogen functional groups attached to an aromatic ring is 1. The van der Waals surface area contributed by atoms with E-state index >= 15 is 0 Å². The second-order valence-electron chi connectivity index (χ2n) is 4.68. The molecule has 0 spiro atoms. The first-order valence-corrected chi connectivity index (χ1v) is 6.84. The van der Waals surface area contributed by atoms with E-state index < -0.39 is 6.36 Å². The van der Waals surface area contributed by atoms with Crippen LogP contribution in [0.3, 0.4) is 0 Å². The first-order valence-electron chi connectivity index (χ1n) is 6.04. The normalized spacial score (nSPS) is 17.4. The zero-order chi connectivity index (χ0) is 14.9. The molecule has 0 saturated carbocycles. The maximum atomic E-state index is 12.3. The number of alkyl halides is 3. The van der Waals surface area contributed by atoms with Gasteiger partial charge in [-0.2, -0.15) is 0 Å². The second kappa shape index (κ2) is 5.69. The molecule has 8 heteroatoms. The molecule has 1 aliphatic heterocycles. The zero-order valence-corrected chi connectivity index (χ0v) is 12.5. The van der Waals surface area contributed by atoms with Gasteiger partial charge in [-0.25, -0.2) is 0 Å². The summed E-state index contributed by atoms with van der Waals surface area (Å²) in [6, 6.07) is 2.77. The predicted molar refractivity (Wildman–Crippen MR) is 74.9 cm³/mol. The summed E-state index contributed by atoms with van der Waals surface area (Å²) in [5.74, 6) is -0.366. The molecule has 20 heavy (non-hydrogen) atoms. The molecule has 0 atom stereocenters. The van der Waals surface area contributed by atoms with Gasteiger partial charge in [0.05, 0.1) is 11.4 Å². The molecule has 1 fully saturated rings. The summed E-state index contributed by atoms with van der Waals surface area (Å²) in [5, 5.41) is 0. The van der Waals surface area contributed by atoms with Crippen molar-refractivity contribution in [3.05, 3.63) is 16.6 Å². The summed E-state index contributed by atoms with van der Waals surface area (Å²) < 4.78 is 41.6. The Labute approximate surface area is 123 Å². The zero-order valence-electron chi connectivity index (χ0n) is 10.9. The van der Waals surface area contributed by atoms with Crippen molar-refractivity contribution in [2.45, 2.75) is 6.36 Å². The Hall–Kier alpha value is -1.15. The van der Waals surface area contributed by atoms with Crippen molar-refractivity contribution in [2.75, 3.05) is 43.9 Å². The Bertz CT molecular complexity index is 488. The van der Waals surface area contributed by atoms with Crippen LogP contribution in [0.5, 0.6) is 5.75 Å². The van der Waals surface area contributed by atoms with Crippen LogP contribution in [0.2, 0.25) is 0 Å². The molecule has 0 unspecified atom stereocenters. The van der Waals surface area contributed by atoms with Crippen molar-refractivity contribution in [1.82, 2.24) is 4.90 Å². The molecule has 0 aliphatic carbocycles. The van der Waals surface area contributed by atoms with Crippen LogP contribution in [0.4, 0.5) is 24.5 Å². The average Bonchev–Trinajstić information content (AvgIpc) is 2.32. The molecule has 2 N–H and O–H groups in total. The highest BCUT2D eigenvalue weighted by Gasteiger charge is 2.32. The smallest absolute Gasteiger partial charge is 0.404 e. The molecule has 4 nitrogen and oxygen atoms in total. The van der Waals surface area contributed by atoms with Gasteiger partial charge in [-0.1, -0.05) is 0 Å². The number of benzene rings is 1. The molecular formula is C12H15BrF3N3O. The van der Waals surface area contributed by atoms with Crippen LogP contribution < -0.4 is 15.4 Å². The van der Waals surface area contributed by atoms with E-state index in [9.17, 15) is 13.2 Å². The molecule has 1 aromatic rings. The Morgan fingerprint density at radius 3 is 2.35 bits per heavy atom. The van der Waals surface area contributed by atoms with E-state index in [1.54, 1.807) is 0 Å². The SMILES string of the molecule is CN1CCN(c2cc(OC(F)(F)F)c(N)cc2Br)CC1. The number of piperazine rings is 1. The van der Waals surface area contributed by atoms with Gasteiger partial charge >= 0.3 is 6.36 Å². The van der Waals surface area contributed by atoms with Gasteiger partial charge in [0.25, 0.3) is 0 Å². The molecular weight excluding hydrogens is 339 g/mol. The van der Waals surface area contributed by atoms with Gasteiger partial charge < -0.3 is 20.3 Å². The van der Waals surface area contributed by atoms with Crippen molar-refractivity contribution in [3.63, 3.8) is 0 Å². The van der Waals surface area contributed by atoms with E-state index in [1.807, 2.05) is 11.9 Å². The molecule has 0 radical (unpaired) electrons. The van der Waals surface area contributed by atoms with Crippen LogP contribution in [-0.4, -0.2) is 44.5 Å². The van der Waals surface area contributed by atoms with Crippen LogP contribution >= 0.6 is 15.9 Å². The molecule has 1 aromatic carbocycles. The number of ether oxygens (including phenoxy) is 1. The number of rotatable bonds is 2. The van der Waals surface area contributed by atoms with Gasteiger partial charge in [0.1, 0.15) is 0 Å². The van der Waals surface area contributed by atoms with Crippen molar-refractivity contribution in [2.24, 2.45) is 0 Å².